The standard InChI is InChI=1S/C23H18N6O9/c30-10-17-20(22(33)34)27-16-7-18(19(29(36)37)8-15(16)26-17)28-9-14(24-11-28)5-6-38-23(35)25-13-3-1-12(2-4-13)21(31)32/h1-4,7-11,17,26H,5-6H2,(H,25,35)(H,31,32)(H,33,34). The van der Waals surface area contributed by atoms with Crippen molar-refractivity contribution in [2.45, 2.75) is 12.5 Å². The lowest BCUT2D eigenvalue weighted by Gasteiger charge is -2.21. The van der Waals surface area contributed by atoms with Gasteiger partial charge in [-0.15, -0.1) is 0 Å². The van der Waals surface area contributed by atoms with Crippen molar-refractivity contribution < 1.29 is 39.1 Å². The number of anilines is 2. The molecule has 1 unspecified atom stereocenters. The van der Waals surface area contributed by atoms with Crippen molar-refractivity contribution in [1.82, 2.24) is 9.55 Å². The topological polar surface area (TPSA) is 215 Å². The number of aromatic nitrogens is 2. The molecule has 1 aliphatic rings. The van der Waals surface area contributed by atoms with E-state index in [0.29, 0.717) is 17.7 Å². The summed E-state index contributed by atoms with van der Waals surface area (Å²) in [4.78, 5) is 64.8. The molecule has 1 aromatic heterocycles. The number of nitro benzene ring substituents is 1. The van der Waals surface area contributed by atoms with Gasteiger partial charge in [-0.3, -0.25) is 20.0 Å². The Labute approximate surface area is 212 Å². The molecule has 3 aromatic rings. The Morgan fingerprint density at radius 1 is 1.18 bits per heavy atom. The molecule has 15 heteroatoms. The highest BCUT2D eigenvalue weighted by molar-refractivity contribution is 6.42. The van der Waals surface area contributed by atoms with Crippen LogP contribution < -0.4 is 10.6 Å². The van der Waals surface area contributed by atoms with Crippen LogP contribution in [-0.4, -0.2) is 67.4 Å². The number of aliphatic carboxylic acids is 1. The number of nitrogens with one attached hydrogen (secondary N) is 2. The van der Waals surface area contributed by atoms with Crippen molar-refractivity contribution >= 4 is 52.8 Å². The molecule has 0 radical (unpaired) electrons. The van der Waals surface area contributed by atoms with Gasteiger partial charge in [0.15, 0.2) is 5.71 Å². The molecule has 0 bridgehead atoms. The van der Waals surface area contributed by atoms with Gasteiger partial charge in [-0.05, 0) is 30.3 Å². The molecule has 0 aliphatic carbocycles. The summed E-state index contributed by atoms with van der Waals surface area (Å²) >= 11 is 0. The number of carboxylic acid groups (broad SMARTS) is 2. The summed E-state index contributed by atoms with van der Waals surface area (Å²) in [6.45, 7) is -0.0778. The fourth-order valence-electron chi connectivity index (χ4n) is 3.56. The predicted molar refractivity (Wildman–Crippen MR) is 130 cm³/mol. The third-order valence-electron chi connectivity index (χ3n) is 5.38. The van der Waals surface area contributed by atoms with Gasteiger partial charge in [0, 0.05) is 24.4 Å². The van der Waals surface area contributed by atoms with Gasteiger partial charge in [-0.1, -0.05) is 0 Å². The van der Waals surface area contributed by atoms with Crippen LogP contribution in [0.25, 0.3) is 5.69 Å². The van der Waals surface area contributed by atoms with Crippen molar-refractivity contribution in [3.05, 3.63) is 70.3 Å². The number of aromatic carboxylic acids is 1. The Kier molecular flexibility index (Phi) is 7.09. The van der Waals surface area contributed by atoms with Crippen LogP contribution >= 0.6 is 0 Å². The van der Waals surface area contributed by atoms with Crippen molar-refractivity contribution in [2.75, 3.05) is 17.2 Å². The number of hydrogen-bond donors (Lipinski definition) is 4. The van der Waals surface area contributed by atoms with Crippen molar-refractivity contribution in [1.29, 1.82) is 0 Å². The third kappa shape index (κ3) is 5.46. The lowest BCUT2D eigenvalue weighted by atomic mass is 10.1. The van der Waals surface area contributed by atoms with E-state index in [1.165, 1.54) is 47.4 Å². The maximum absolute atomic E-state index is 12.0. The summed E-state index contributed by atoms with van der Waals surface area (Å²) < 4.78 is 6.45. The largest absolute Gasteiger partial charge is 0.478 e. The number of hydrogen-bond acceptors (Lipinski definition) is 10. The Bertz CT molecular complexity index is 1480. The molecule has 0 saturated carbocycles. The average molecular weight is 522 g/mol. The minimum absolute atomic E-state index is 0.0517. The number of imidazole rings is 1. The molecule has 1 aliphatic heterocycles. The minimum Gasteiger partial charge on any atom is -0.478 e. The zero-order valence-corrected chi connectivity index (χ0v) is 19.2. The quantitative estimate of drug-likeness (QED) is 0.182. The van der Waals surface area contributed by atoms with E-state index in [0.717, 1.165) is 6.07 Å². The highest BCUT2D eigenvalue weighted by Crippen LogP contribution is 2.38. The van der Waals surface area contributed by atoms with Crippen molar-refractivity contribution in [3.8, 4) is 5.69 Å². The second-order valence-electron chi connectivity index (χ2n) is 7.84. The molecule has 0 fully saturated rings. The summed E-state index contributed by atoms with van der Waals surface area (Å²) in [7, 11) is 0. The predicted octanol–water partition coefficient (Wildman–Crippen LogP) is 2.42. The molecule has 194 valence electrons. The van der Waals surface area contributed by atoms with Gasteiger partial charge < -0.3 is 25.1 Å². The van der Waals surface area contributed by atoms with Crippen molar-refractivity contribution in [3.63, 3.8) is 0 Å². The number of nitrogens with zero attached hydrogens (tertiary/aromatic N) is 4. The first-order valence-corrected chi connectivity index (χ1v) is 10.8. The van der Waals surface area contributed by atoms with Gasteiger partial charge in [0.25, 0.3) is 5.69 Å². The number of carboxylic acids is 2. The molecular weight excluding hydrogens is 504 g/mol. The first kappa shape index (κ1) is 25.5. The molecule has 0 spiro atoms. The van der Waals surface area contributed by atoms with Crippen molar-refractivity contribution in [2.24, 2.45) is 4.99 Å². The fraction of sp³-hybridized carbons (Fsp3) is 0.130. The number of carbonyl (C=O) groups is 4. The van der Waals surface area contributed by atoms with Crippen LogP contribution in [0.5, 0.6) is 0 Å². The zero-order valence-electron chi connectivity index (χ0n) is 19.2. The second-order valence-corrected chi connectivity index (χ2v) is 7.84. The van der Waals surface area contributed by atoms with Crippen LogP contribution in [0.3, 0.4) is 0 Å². The van der Waals surface area contributed by atoms with Gasteiger partial charge in [0.05, 0.1) is 40.5 Å². The lowest BCUT2D eigenvalue weighted by molar-refractivity contribution is -0.384. The number of amides is 1. The highest BCUT2D eigenvalue weighted by atomic mass is 16.6. The summed E-state index contributed by atoms with van der Waals surface area (Å²) in [5, 5.41) is 35.0. The van der Waals surface area contributed by atoms with Crippen LogP contribution in [0.15, 0.2) is 53.9 Å². The summed E-state index contributed by atoms with van der Waals surface area (Å²) in [5.74, 6) is -2.51. The number of fused-ring (bicyclic) bond motifs is 1. The van der Waals surface area contributed by atoms with E-state index in [2.05, 4.69) is 20.6 Å². The summed E-state index contributed by atoms with van der Waals surface area (Å²) in [6, 6.07) is 6.68. The van der Waals surface area contributed by atoms with Gasteiger partial charge >= 0.3 is 18.0 Å². The van der Waals surface area contributed by atoms with Crippen LogP contribution in [0.4, 0.5) is 27.5 Å². The number of aldehydes is 1. The van der Waals surface area contributed by atoms with E-state index in [9.17, 15) is 34.4 Å². The molecule has 38 heavy (non-hydrogen) atoms. The zero-order chi connectivity index (χ0) is 27.4. The smallest absolute Gasteiger partial charge is 0.411 e. The van der Waals surface area contributed by atoms with E-state index in [1.54, 1.807) is 0 Å². The number of carbonyl (C=O) groups excluding carboxylic acids is 2. The Morgan fingerprint density at radius 3 is 2.55 bits per heavy atom. The first-order chi connectivity index (χ1) is 18.2. The van der Waals surface area contributed by atoms with E-state index in [4.69, 9.17) is 9.84 Å². The van der Waals surface area contributed by atoms with Crippen LogP contribution in [-0.2, 0) is 20.7 Å². The minimum atomic E-state index is -1.41. The molecule has 2 heterocycles. The van der Waals surface area contributed by atoms with Gasteiger partial charge in [0.2, 0.25) is 0 Å². The number of nitro groups is 1. The van der Waals surface area contributed by atoms with Crippen LogP contribution in [0, 0.1) is 10.1 Å². The summed E-state index contributed by atoms with van der Waals surface area (Å²) in [5.41, 5.74) is 0.309. The van der Waals surface area contributed by atoms with Gasteiger partial charge in [-0.25, -0.2) is 24.4 Å². The molecule has 1 amide bonds. The maximum Gasteiger partial charge on any atom is 0.411 e. The van der Waals surface area contributed by atoms with E-state index >= 15 is 0 Å². The molecule has 2 aromatic carbocycles. The molecule has 4 N–H and O–H groups in total. The second kappa shape index (κ2) is 10.6. The van der Waals surface area contributed by atoms with Gasteiger partial charge in [0.1, 0.15) is 18.0 Å². The van der Waals surface area contributed by atoms with E-state index < -0.39 is 34.7 Å². The maximum atomic E-state index is 12.0. The van der Waals surface area contributed by atoms with E-state index in [1.807, 2.05) is 0 Å². The molecule has 4 rings (SSSR count). The SMILES string of the molecule is O=CC1Nc2cc([N+](=O)[O-])c(-n3cnc(CCOC(=O)Nc4ccc(C(=O)O)cc4)c3)cc2N=C1C(=O)O. The van der Waals surface area contributed by atoms with E-state index in [-0.39, 0.29) is 41.3 Å². The number of aliphatic imine (C=N–C) groups is 1. The number of benzene rings is 2. The fourth-order valence-corrected chi connectivity index (χ4v) is 3.56. The Balaban J connectivity index is 1.45. The molecule has 0 saturated heterocycles. The van der Waals surface area contributed by atoms with Gasteiger partial charge in [-0.2, -0.15) is 0 Å². The molecule has 15 nitrogen and oxygen atoms in total. The number of ether oxygens (including phenoxy) is 1. The lowest BCUT2D eigenvalue weighted by Crippen LogP contribution is -2.38. The summed E-state index contributed by atoms with van der Waals surface area (Å²) in [6.07, 6.45) is 2.52. The van der Waals surface area contributed by atoms with Crippen LogP contribution in [0.1, 0.15) is 16.1 Å². The normalized spacial score (nSPS) is 13.9. The monoisotopic (exact) mass is 522 g/mol. The first-order valence-electron chi connectivity index (χ1n) is 10.8. The molecular formula is C23H18N6O9. The molecule has 1 atom stereocenters. The van der Waals surface area contributed by atoms with Crippen LogP contribution in [0.2, 0.25) is 0 Å². The highest BCUT2D eigenvalue weighted by Gasteiger charge is 2.30. The Morgan fingerprint density at radius 2 is 1.92 bits per heavy atom. The number of rotatable bonds is 9. The Hall–Kier alpha value is -5.60. The third-order valence-corrected chi connectivity index (χ3v) is 5.38. The average Bonchev–Trinajstić information content (AvgIpc) is 3.36.